The number of nitrogens with zero attached hydrogens (tertiary/aromatic N) is 3. The van der Waals surface area contributed by atoms with Gasteiger partial charge in [-0.2, -0.15) is 4.31 Å². The van der Waals surface area contributed by atoms with Crippen LogP contribution in [0.5, 0.6) is 0 Å². The van der Waals surface area contributed by atoms with Crippen molar-refractivity contribution in [3.8, 4) is 0 Å². The summed E-state index contributed by atoms with van der Waals surface area (Å²) in [6.45, 7) is 7.40. The van der Waals surface area contributed by atoms with Gasteiger partial charge in [0.15, 0.2) is 5.16 Å². The SMILES string of the molecule is C=CCNC(=O)NC(=O)CSc1nc2cc(S(=O)(=O)N3CCCCC3)ccc2n1CC. The van der Waals surface area contributed by atoms with E-state index in [9.17, 15) is 18.0 Å². The summed E-state index contributed by atoms with van der Waals surface area (Å²) >= 11 is 1.19. The van der Waals surface area contributed by atoms with Gasteiger partial charge in [-0.3, -0.25) is 10.1 Å². The Kier molecular flexibility index (Phi) is 7.74. The molecule has 2 N–H and O–H groups in total. The normalized spacial score (nSPS) is 15.0. The minimum absolute atomic E-state index is 0.00373. The number of imide groups is 1. The number of benzene rings is 1. The van der Waals surface area contributed by atoms with Crippen LogP contribution in [0.4, 0.5) is 4.79 Å². The first-order chi connectivity index (χ1) is 14.9. The molecule has 11 heteroatoms. The highest BCUT2D eigenvalue weighted by molar-refractivity contribution is 7.99. The Morgan fingerprint density at radius 3 is 2.68 bits per heavy atom. The number of rotatable bonds is 8. The third-order valence-corrected chi connectivity index (χ3v) is 7.82. The highest BCUT2D eigenvalue weighted by atomic mass is 32.2. The minimum Gasteiger partial charge on any atom is -0.334 e. The number of amides is 3. The van der Waals surface area contributed by atoms with Crippen LogP contribution in [-0.2, 0) is 21.4 Å². The molecular weight excluding hydrogens is 438 g/mol. The minimum atomic E-state index is -3.55. The number of sulfonamides is 1. The first-order valence-electron chi connectivity index (χ1n) is 10.2. The zero-order valence-corrected chi connectivity index (χ0v) is 19.1. The van der Waals surface area contributed by atoms with Crippen molar-refractivity contribution in [3.05, 3.63) is 30.9 Å². The lowest BCUT2D eigenvalue weighted by Gasteiger charge is -2.25. The van der Waals surface area contributed by atoms with Crippen molar-refractivity contribution in [1.82, 2.24) is 24.5 Å². The number of hydrogen-bond donors (Lipinski definition) is 2. The van der Waals surface area contributed by atoms with Crippen molar-refractivity contribution in [3.63, 3.8) is 0 Å². The van der Waals surface area contributed by atoms with Crippen LogP contribution in [0, 0.1) is 0 Å². The van der Waals surface area contributed by atoms with Crippen LogP contribution in [0.25, 0.3) is 11.0 Å². The number of aromatic nitrogens is 2. The van der Waals surface area contributed by atoms with Crippen LogP contribution < -0.4 is 10.6 Å². The molecule has 31 heavy (non-hydrogen) atoms. The first kappa shape index (κ1) is 23.3. The van der Waals surface area contributed by atoms with Crippen molar-refractivity contribution < 1.29 is 18.0 Å². The lowest BCUT2D eigenvalue weighted by atomic mass is 10.2. The van der Waals surface area contributed by atoms with Crippen LogP contribution in [0.3, 0.4) is 0 Å². The molecule has 3 rings (SSSR count). The number of fused-ring (bicyclic) bond motifs is 1. The summed E-state index contributed by atoms with van der Waals surface area (Å²) in [5.41, 5.74) is 1.36. The summed E-state index contributed by atoms with van der Waals surface area (Å²) in [6, 6.07) is 4.39. The molecule has 1 aromatic carbocycles. The summed E-state index contributed by atoms with van der Waals surface area (Å²) in [6.07, 6.45) is 4.32. The molecule has 0 unspecified atom stereocenters. The maximum atomic E-state index is 13.0. The highest BCUT2D eigenvalue weighted by Crippen LogP contribution is 2.28. The van der Waals surface area contributed by atoms with Gasteiger partial charge in [0.2, 0.25) is 15.9 Å². The Balaban J connectivity index is 1.76. The summed E-state index contributed by atoms with van der Waals surface area (Å²) in [5.74, 6) is -0.446. The monoisotopic (exact) mass is 465 g/mol. The number of thioether (sulfide) groups is 1. The maximum Gasteiger partial charge on any atom is 0.321 e. The van der Waals surface area contributed by atoms with E-state index in [1.165, 1.54) is 22.1 Å². The summed E-state index contributed by atoms with van der Waals surface area (Å²) in [4.78, 5) is 28.4. The summed E-state index contributed by atoms with van der Waals surface area (Å²) < 4.78 is 29.4. The van der Waals surface area contributed by atoms with Gasteiger partial charge in [-0.1, -0.05) is 24.3 Å². The van der Waals surface area contributed by atoms with Crippen molar-refractivity contribution in [2.75, 3.05) is 25.4 Å². The molecule has 0 saturated carbocycles. The Hall–Kier alpha value is -2.37. The predicted octanol–water partition coefficient (Wildman–Crippen LogP) is 2.33. The fourth-order valence-corrected chi connectivity index (χ4v) is 5.84. The Labute approximate surface area is 186 Å². The average molecular weight is 466 g/mol. The van der Waals surface area contributed by atoms with Crippen molar-refractivity contribution in [2.45, 2.75) is 42.8 Å². The van der Waals surface area contributed by atoms with Crippen LogP contribution in [-0.4, -0.2) is 59.6 Å². The molecule has 2 aromatic rings. The second-order valence-corrected chi connectivity index (χ2v) is 9.97. The van der Waals surface area contributed by atoms with E-state index in [0.717, 1.165) is 24.8 Å². The highest BCUT2D eigenvalue weighted by Gasteiger charge is 2.26. The van der Waals surface area contributed by atoms with E-state index >= 15 is 0 Å². The number of nitrogens with one attached hydrogen (secondary N) is 2. The second-order valence-electron chi connectivity index (χ2n) is 7.09. The maximum absolute atomic E-state index is 13.0. The first-order valence-corrected chi connectivity index (χ1v) is 12.6. The number of carbonyl (C=O) groups excluding carboxylic acids is 2. The fourth-order valence-electron chi connectivity index (χ4n) is 3.42. The Bertz CT molecular complexity index is 1070. The molecule has 0 bridgehead atoms. The smallest absolute Gasteiger partial charge is 0.321 e. The van der Waals surface area contributed by atoms with Gasteiger partial charge in [0.25, 0.3) is 0 Å². The molecule has 9 nitrogen and oxygen atoms in total. The molecule has 1 aliphatic heterocycles. The molecule has 168 valence electrons. The number of urea groups is 1. The quantitative estimate of drug-likeness (QED) is 0.457. The third kappa shape index (κ3) is 5.46. The van der Waals surface area contributed by atoms with E-state index in [0.29, 0.717) is 30.3 Å². The van der Waals surface area contributed by atoms with E-state index in [2.05, 4.69) is 22.2 Å². The average Bonchev–Trinajstić information content (AvgIpc) is 3.13. The van der Waals surface area contributed by atoms with Crippen molar-refractivity contribution in [1.29, 1.82) is 0 Å². The molecule has 1 saturated heterocycles. The van der Waals surface area contributed by atoms with Crippen molar-refractivity contribution >= 4 is 44.8 Å². The zero-order chi connectivity index (χ0) is 22.4. The van der Waals surface area contributed by atoms with Gasteiger partial charge in [-0.25, -0.2) is 18.2 Å². The van der Waals surface area contributed by atoms with E-state index in [-0.39, 0.29) is 17.2 Å². The molecule has 1 fully saturated rings. The zero-order valence-electron chi connectivity index (χ0n) is 17.5. The molecule has 0 radical (unpaired) electrons. The van der Waals surface area contributed by atoms with E-state index in [4.69, 9.17) is 0 Å². The Morgan fingerprint density at radius 1 is 1.26 bits per heavy atom. The summed E-state index contributed by atoms with van der Waals surface area (Å²) in [7, 11) is -3.55. The van der Waals surface area contributed by atoms with Gasteiger partial charge >= 0.3 is 6.03 Å². The predicted molar refractivity (Wildman–Crippen MR) is 120 cm³/mol. The molecule has 1 aliphatic rings. The van der Waals surface area contributed by atoms with Crippen LogP contribution in [0.15, 0.2) is 40.9 Å². The molecule has 2 heterocycles. The Morgan fingerprint density at radius 2 is 2.00 bits per heavy atom. The molecular formula is C20H27N5O4S2. The molecule has 0 atom stereocenters. The lowest BCUT2D eigenvalue weighted by Crippen LogP contribution is -2.40. The van der Waals surface area contributed by atoms with E-state index < -0.39 is 22.0 Å². The van der Waals surface area contributed by atoms with Crippen LogP contribution >= 0.6 is 11.8 Å². The van der Waals surface area contributed by atoms with Gasteiger partial charge in [-0.05, 0) is 38.0 Å². The number of imidazole rings is 1. The standard InChI is InChI=1S/C20H27N5O4S2/c1-3-10-21-19(27)23-18(26)14-30-20-22-16-13-15(8-9-17(16)25(20)4-2)31(28,29)24-11-6-5-7-12-24/h3,8-9,13H,1,4-7,10-12,14H2,2H3,(H2,21,23,26,27). The van der Waals surface area contributed by atoms with E-state index in [1.807, 2.05) is 11.5 Å². The number of hydrogen-bond acceptors (Lipinski definition) is 6. The van der Waals surface area contributed by atoms with Crippen LogP contribution in [0.2, 0.25) is 0 Å². The van der Waals surface area contributed by atoms with Gasteiger partial charge in [-0.15, -0.1) is 6.58 Å². The largest absolute Gasteiger partial charge is 0.334 e. The van der Waals surface area contributed by atoms with Crippen LogP contribution in [0.1, 0.15) is 26.2 Å². The molecule has 3 amide bonds. The molecule has 1 aromatic heterocycles. The van der Waals surface area contributed by atoms with E-state index in [1.54, 1.807) is 18.2 Å². The summed E-state index contributed by atoms with van der Waals surface area (Å²) in [5, 5.41) is 5.30. The van der Waals surface area contributed by atoms with Gasteiger partial charge in [0.05, 0.1) is 21.7 Å². The second kappa shape index (κ2) is 10.3. The topological polar surface area (TPSA) is 113 Å². The third-order valence-electron chi connectivity index (χ3n) is 4.95. The lowest BCUT2D eigenvalue weighted by molar-refractivity contribution is -0.117. The fraction of sp³-hybridized carbons (Fsp3) is 0.450. The molecule has 0 spiro atoms. The number of carbonyl (C=O) groups is 2. The van der Waals surface area contributed by atoms with Gasteiger partial charge in [0.1, 0.15) is 0 Å². The van der Waals surface area contributed by atoms with Gasteiger partial charge < -0.3 is 9.88 Å². The van der Waals surface area contributed by atoms with Crippen molar-refractivity contribution in [2.24, 2.45) is 0 Å². The number of piperidine rings is 1. The van der Waals surface area contributed by atoms with Gasteiger partial charge in [0, 0.05) is 26.2 Å². The molecule has 0 aliphatic carbocycles. The number of aryl methyl sites for hydroxylation is 1.